The Kier molecular flexibility index (Phi) is 4.24. The lowest BCUT2D eigenvalue weighted by atomic mass is 10.1. The minimum absolute atomic E-state index is 0.0511. The molecule has 0 atom stereocenters. The molecule has 7 heteroatoms. The first-order valence-corrected chi connectivity index (χ1v) is 7.08. The molecule has 0 aliphatic rings. The van der Waals surface area contributed by atoms with Crippen LogP contribution in [0.15, 0.2) is 57.7 Å². The van der Waals surface area contributed by atoms with E-state index in [1.54, 1.807) is 24.3 Å². The second-order valence-corrected chi connectivity index (χ2v) is 4.98. The average molecular weight is 328 g/mol. The van der Waals surface area contributed by atoms with Gasteiger partial charge < -0.3 is 9.15 Å². The summed E-state index contributed by atoms with van der Waals surface area (Å²) < 4.78 is 24.1. The summed E-state index contributed by atoms with van der Waals surface area (Å²) in [5.41, 5.74) is 0.881. The zero-order valence-electron chi connectivity index (χ0n) is 12.7. The van der Waals surface area contributed by atoms with Crippen molar-refractivity contribution in [2.75, 3.05) is 7.11 Å². The van der Waals surface area contributed by atoms with Crippen LogP contribution in [0.1, 0.15) is 16.3 Å². The van der Waals surface area contributed by atoms with E-state index in [-0.39, 0.29) is 23.7 Å². The van der Waals surface area contributed by atoms with Gasteiger partial charge >= 0.3 is 5.97 Å². The van der Waals surface area contributed by atoms with Gasteiger partial charge in [-0.05, 0) is 42.5 Å². The van der Waals surface area contributed by atoms with Crippen LogP contribution in [-0.4, -0.2) is 22.9 Å². The molecule has 0 bridgehead atoms. The molecule has 0 fully saturated rings. The number of ether oxygens (including phenoxy) is 1. The van der Waals surface area contributed by atoms with Gasteiger partial charge in [0.1, 0.15) is 18.1 Å². The van der Waals surface area contributed by atoms with Crippen LogP contribution in [0.2, 0.25) is 0 Å². The Balaban J connectivity index is 1.89. The number of carbonyl (C=O) groups is 1. The van der Waals surface area contributed by atoms with Gasteiger partial charge in [-0.15, -0.1) is 0 Å². The van der Waals surface area contributed by atoms with Gasteiger partial charge in [0.05, 0.1) is 12.8 Å². The van der Waals surface area contributed by atoms with E-state index in [9.17, 15) is 14.0 Å². The maximum absolute atomic E-state index is 13.0. The second-order valence-electron chi connectivity index (χ2n) is 4.98. The monoisotopic (exact) mass is 328 g/mol. The van der Waals surface area contributed by atoms with Crippen molar-refractivity contribution in [3.8, 4) is 11.3 Å². The summed E-state index contributed by atoms with van der Waals surface area (Å²) in [7, 11) is 1.25. The van der Waals surface area contributed by atoms with Crippen LogP contribution in [-0.2, 0) is 11.3 Å². The van der Waals surface area contributed by atoms with Crippen molar-refractivity contribution in [3.05, 3.63) is 76.2 Å². The Hall–Kier alpha value is -3.22. The molecule has 0 N–H and O–H groups in total. The highest BCUT2D eigenvalue weighted by atomic mass is 19.1. The van der Waals surface area contributed by atoms with Crippen molar-refractivity contribution in [1.82, 2.24) is 9.78 Å². The third-order valence-electron chi connectivity index (χ3n) is 3.36. The van der Waals surface area contributed by atoms with Crippen LogP contribution in [0, 0.1) is 5.82 Å². The maximum Gasteiger partial charge on any atom is 0.373 e. The maximum atomic E-state index is 13.0. The first kappa shape index (κ1) is 15.7. The van der Waals surface area contributed by atoms with E-state index in [1.807, 2.05) is 0 Å². The van der Waals surface area contributed by atoms with E-state index in [1.165, 1.54) is 36.1 Å². The Labute approximate surface area is 136 Å². The number of furan rings is 1. The van der Waals surface area contributed by atoms with Gasteiger partial charge in [-0.25, -0.2) is 13.9 Å². The average Bonchev–Trinajstić information content (AvgIpc) is 3.05. The number of benzene rings is 1. The highest BCUT2D eigenvalue weighted by Gasteiger charge is 2.12. The third kappa shape index (κ3) is 3.24. The van der Waals surface area contributed by atoms with Crippen molar-refractivity contribution in [1.29, 1.82) is 0 Å². The van der Waals surface area contributed by atoms with Gasteiger partial charge in [0, 0.05) is 11.6 Å². The molecule has 0 radical (unpaired) electrons. The molecule has 0 amide bonds. The fourth-order valence-electron chi connectivity index (χ4n) is 2.16. The van der Waals surface area contributed by atoms with E-state index in [0.717, 1.165) is 0 Å². The molecule has 6 nitrogen and oxygen atoms in total. The molecule has 1 aromatic carbocycles. The number of methoxy groups -OCH3 is 1. The molecule has 0 saturated carbocycles. The van der Waals surface area contributed by atoms with E-state index in [0.29, 0.717) is 17.0 Å². The zero-order valence-corrected chi connectivity index (χ0v) is 12.7. The van der Waals surface area contributed by atoms with Crippen LogP contribution in [0.25, 0.3) is 11.3 Å². The van der Waals surface area contributed by atoms with Crippen molar-refractivity contribution in [2.45, 2.75) is 6.54 Å². The highest BCUT2D eigenvalue weighted by Crippen LogP contribution is 2.16. The molecule has 0 saturated heterocycles. The second kappa shape index (κ2) is 6.49. The quantitative estimate of drug-likeness (QED) is 0.688. The minimum Gasteiger partial charge on any atom is -0.463 e. The summed E-state index contributed by atoms with van der Waals surface area (Å²) in [5.74, 6) is -0.504. The summed E-state index contributed by atoms with van der Waals surface area (Å²) >= 11 is 0. The molecular weight excluding hydrogens is 315 g/mol. The third-order valence-corrected chi connectivity index (χ3v) is 3.36. The summed E-state index contributed by atoms with van der Waals surface area (Å²) in [6, 6.07) is 11.8. The Bertz CT molecular complexity index is 928. The summed E-state index contributed by atoms with van der Waals surface area (Å²) in [4.78, 5) is 23.3. The summed E-state index contributed by atoms with van der Waals surface area (Å²) in [6.07, 6.45) is 0. The number of hydrogen-bond donors (Lipinski definition) is 0. The van der Waals surface area contributed by atoms with Crippen molar-refractivity contribution in [3.63, 3.8) is 0 Å². The molecule has 0 aliphatic carbocycles. The number of rotatable bonds is 4. The Morgan fingerprint density at radius 2 is 1.92 bits per heavy atom. The molecule has 122 valence electrons. The number of aromatic nitrogens is 2. The summed E-state index contributed by atoms with van der Waals surface area (Å²) in [5, 5.41) is 4.25. The molecule has 2 aromatic heterocycles. The number of nitrogens with zero attached hydrogens (tertiary/aromatic N) is 2. The normalized spacial score (nSPS) is 10.6. The largest absolute Gasteiger partial charge is 0.463 e. The van der Waals surface area contributed by atoms with Gasteiger partial charge in [-0.3, -0.25) is 4.79 Å². The fourth-order valence-corrected chi connectivity index (χ4v) is 2.16. The molecule has 3 rings (SSSR count). The zero-order chi connectivity index (χ0) is 17.1. The first-order chi connectivity index (χ1) is 11.6. The van der Waals surface area contributed by atoms with E-state index >= 15 is 0 Å². The summed E-state index contributed by atoms with van der Waals surface area (Å²) in [6.45, 7) is 0.0604. The lowest BCUT2D eigenvalue weighted by Crippen LogP contribution is -2.22. The lowest BCUT2D eigenvalue weighted by Gasteiger charge is -2.06. The molecular formula is C17H13FN2O4. The molecule has 0 spiro atoms. The number of halogens is 1. The number of hydrogen-bond acceptors (Lipinski definition) is 5. The molecule has 0 unspecified atom stereocenters. The van der Waals surface area contributed by atoms with Crippen molar-refractivity contribution in [2.24, 2.45) is 0 Å². The van der Waals surface area contributed by atoms with Gasteiger partial charge in [0.15, 0.2) is 0 Å². The topological polar surface area (TPSA) is 74.3 Å². The van der Waals surface area contributed by atoms with Crippen LogP contribution >= 0.6 is 0 Å². The van der Waals surface area contributed by atoms with Gasteiger partial charge in [0.25, 0.3) is 5.56 Å². The lowest BCUT2D eigenvalue weighted by molar-refractivity contribution is 0.0562. The fraction of sp³-hybridized carbons (Fsp3) is 0.118. The standard InChI is InChI=1S/C17H13FN2O4/c1-23-17(22)15-8-6-13(24-15)10-20-16(21)9-7-14(19-20)11-2-4-12(18)5-3-11/h2-9H,10H2,1H3. The predicted octanol–water partition coefficient (Wildman–Crippen LogP) is 2.48. The van der Waals surface area contributed by atoms with E-state index in [4.69, 9.17) is 4.42 Å². The minimum atomic E-state index is -0.596. The Morgan fingerprint density at radius 1 is 1.17 bits per heavy atom. The van der Waals surface area contributed by atoms with Crippen LogP contribution in [0.5, 0.6) is 0 Å². The molecule has 3 aromatic rings. The predicted molar refractivity (Wildman–Crippen MR) is 83.0 cm³/mol. The highest BCUT2D eigenvalue weighted by molar-refractivity contribution is 5.86. The van der Waals surface area contributed by atoms with E-state index < -0.39 is 5.97 Å². The first-order valence-electron chi connectivity index (χ1n) is 7.08. The van der Waals surface area contributed by atoms with Crippen molar-refractivity contribution < 1.29 is 18.3 Å². The van der Waals surface area contributed by atoms with Crippen LogP contribution in [0.4, 0.5) is 4.39 Å². The molecule has 0 aliphatic heterocycles. The Morgan fingerprint density at radius 3 is 2.62 bits per heavy atom. The van der Waals surface area contributed by atoms with Gasteiger partial charge in [-0.2, -0.15) is 5.10 Å². The smallest absolute Gasteiger partial charge is 0.373 e. The number of esters is 1. The van der Waals surface area contributed by atoms with Crippen LogP contribution < -0.4 is 5.56 Å². The SMILES string of the molecule is COC(=O)c1ccc(Cn2nc(-c3ccc(F)cc3)ccc2=O)o1. The van der Waals surface area contributed by atoms with Crippen molar-refractivity contribution >= 4 is 5.97 Å². The van der Waals surface area contributed by atoms with Crippen LogP contribution in [0.3, 0.4) is 0 Å². The molecule has 24 heavy (non-hydrogen) atoms. The van der Waals surface area contributed by atoms with E-state index in [2.05, 4.69) is 9.84 Å². The van der Waals surface area contributed by atoms with Gasteiger partial charge in [0.2, 0.25) is 5.76 Å². The van der Waals surface area contributed by atoms with Gasteiger partial charge in [-0.1, -0.05) is 0 Å². The molecule has 2 heterocycles. The number of carbonyl (C=O) groups excluding carboxylic acids is 1.